The zero-order valence-electron chi connectivity index (χ0n) is 11.2. The van der Waals surface area contributed by atoms with Crippen LogP contribution in [-0.2, 0) is 6.42 Å². The second-order valence-electron chi connectivity index (χ2n) is 6.11. The van der Waals surface area contributed by atoms with Crippen molar-refractivity contribution in [2.45, 2.75) is 44.6 Å². The molecule has 0 saturated heterocycles. The second-order valence-corrected chi connectivity index (χ2v) is 6.55. The van der Waals surface area contributed by atoms with Crippen molar-refractivity contribution in [3.63, 3.8) is 0 Å². The Kier molecular flexibility index (Phi) is 3.32. The minimum absolute atomic E-state index is 0.531. The van der Waals surface area contributed by atoms with Crippen LogP contribution in [0.3, 0.4) is 0 Å². The van der Waals surface area contributed by atoms with Gasteiger partial charge in [-0.15, -0.1) is 0 Å². The van der Waals surface area contributed by atoms with Crippen molar-refractivity contribution in [2.75, 3.05) is 0 Å². The number of halogens is 1. The SMILES string of the molecule is CC1CCC(O)(Cc2cc3cc(Cl)ccc3[nH]2)CC1. The summed E-state index contributed by atoms with van der Waals surface area (Å²) >= 11 is 6.00. The maximum Gasteiger partial charge on any atom is 0.0702 e. The summed E-state index contributed by atoms with van der Waals surface area (Å²) in [7, 11) is 0. The Morgan fingerprint density at radius 2 is 2.05 bits per heavy atom. The molecule has 3 heteroatoms. The number of aliphatic hydroxyl groups is 1. The molecule has 1 aliphatic rings. The minimum Gasteiger partial charge on any atom is -0.389 e. The molecule has 2 aromatic rings. The van der Waals surface area contributed by atoms with Gasteiger partial charge in [0.15, 0.2) is 0 Å². The average Bonchev–Trinajstić information content (AvgIpc) is 2.74. The van der Waals surface area contributed by atoms with Gasteiger partial charge in [0.1, 0.15) is 0 Å². The van der Waals surface area contributed by atoms with Gasteiger partial charge < -0.3 is 10.1 Å². The third-order valence-electron chi connectivity index (χ3n) is 4.36. The first-order valence-electron chi connectivity index (χ1n) is 7.04. The first kappa shape index (κ1) is 13.0. The molecule has 0 aliphatic heterocycles. The van der Waals surface area contributed by atoms with Crippen molar-refractivity contribution in [3.8, 4) is 0 Å². The summed E-state index contributed by atoms with van der Waals surface area (Å²) in [4.78, 5) is 3.39. The molecule has 1 aromatic carbocycles. The molecule has 3 rings (SSSR count). The standard InChI is InChI=1S/C16H20ClNO/c1-11-4-6-16(19,7-5-11)10-14-9-12-8-13(17)2-3-15(12)18-14/h2-3,8-9,11,18-19H,4-7,10H2,1H3. The molecule has 1 fully saturated rings. The lowest BCUT2D eigenvalue weighted by Crippen LogP contribution is -2.35. The number of fused-ring (bicyclic) bond motifs is 1. The van der Waals surface area contributed by atoms with Crippen LogP contribution < -0.4 is 0 Å². The highest BCUT2D eigenvalue weighted by Crippen LogP contribution is 2.34. The number of aromatic amines is 1. The van der Waals surface area contributed by atoms with Crippen LogP contribution in [0.15, 0.2) is 24.3 Å². The van der Waals surface area contributed by atoms with Crippen molar-refractivity contribution in [2.24, 2.45) is 5.92 Å². The van der Waals surface area contributed by atoms with E-state index in [0.29, 0.717) is 6.42 Å². The summed E-state index contributed by atoms with van der Waals surface area (Å²) in [6.45, 7) is 2.27. The fourth-order valence-corrected chi connectivity index (χ4v) is 3.27. The number of aromatic nitrogens is 1. The summed E-state index contributed by atoms with van der Waals surface area (Å²) < 4.78 is 0. The van der Waals surface area contributed by atoms with Crippen LogP contribution in [0.4, 0.5) is 0 Å². The molecule has 0 radical (unpaired) electrons. The summed E-state index contributed by atoms with van der Waals surface area (Å²) in [6.07, 6.45) is 4.78. The topological polar surface area (TPSA) is 36.0 Å². The van der Waals surface area contributed by atoms with Crippen LogP contribution in [0.2, 0.25) is 5.02 Å². The van der Waals surface area contributed by atoms with E-state index in [1.54, 1.807) is 0 Å². The van der Waals surface area contributed by atoms with Gasteiger partial charge in [-0.25, -0.2) is 0 Å². The number of hydrogen-bond donors (Lipinski definition) is 2. The summed E-state index contributed by atoms with van der Waals surface area (Å²) in [5, 5.41) is 12.5. The maximum atomic E-state index is 10.7. The molecule has 0 bridgehead atoms. The van der Waals surface area contributed by atoms with Gasteiger partial charge in [0.2, 0.25) is 0 Å². The lowest BCUT2D eigenvalue weighted by molar-refractivity contribution is -0.00730. The van der Waals surface area contributed by atoms with Gasteiger partial charge in [-0.1, -0.05) is 18.5 Å². The predicted octanol–water partition coefficient (Wildman–Crippen LogP) is 4.31. The quantitative estimate of drug-likeness (QED) is 0.843. The van der Waals surface area contributed by atoms with Crippen molar-refractivity contribution >= 4 is 22.5 Å². The lowest BCUT2D eigenvalue weighted by atomic mass is 9.77. The van der Waals surface area contributed by atoms with Crippen LogP contribution in [0.1, 0.15) is 38.3 Å². The summed E-state index contributed by atoms with van der Waals surface area (Å²) in [6, 6.07) is 7.95. The fraction of sp³-hybridized carbons (Fsp3) is 0.500. The highest BCUT2D eigenvalue weighted by Gasteiger charge is 2.32. The van der Waals surface area contributed by atoms with E-state index in [9.17, 15) is 5.11 Å². The molecule has 1 heterocycles. The molecule has 0 atom stereocenters. The van der Waals surface area contributed by atoms with Crippen LogP contribution in [0, 0.1) is 5.92 Å². The third kappa shape index (κ3) is 2.80. The Balaban J connectivity index is 1.81. The van der Waals surface area contributed by atoms with Crippen LogP contribution >= 0.6 is 11.6 Å². The second kappa shape index (κ2) is 4.84. The number of hydrogen-bond acceptors (Lipinski definition) is 1. The Bertz CT molecular complexity index is 581. The molecule has 2 N–H and O–H groups in total. The van der Waals surface area contributed by atoms with Crippen molar-refractivity contribution in [1.82, 2.24) is 4.98 Å². The number of nitrogens with one attached hydrogen (secondary N) is 1. The number of H-pyrrole nitrogens is 1. The van der Waals surface area contributed by atoms with Crippen molar-refractivity contribution < 1.29 is 5.11 Å². The molecular formula is C16H20ClNO. The van der Waals surface area contributed by atoms with Crippen molar-refractivity contribution in [1.29, 1.82) is 0 Å². The Morgan fingerprint density at radius 3 is 2.79 bits per heavy atom. The monoisotopic (exact) mass is 277 g/mol. The fourth-order valence-electron chi connectivity index (χ4n) is 3.09. The molecule has 1 aromatic heterocycles. The zero-order valence-corrected chi connectivity index (χ0v) is 12.0. The van der Waals surface area contributed by atoms with E-state index < -0.39 is 5.60 Å². The molecule has 1 aliphatic carbocycles. The molecule has 102 valence electrons. The van der Waals surface area contributed by atoms with Gasteiger partial charge in [0.05, 0.1) is 5.60 Å². The molecule has 0 spiro atoms. The van der Waals surface area contributed by atoms with Gasteiger partial charge in [0.25, 0.3) is 0 Å². The van der Waals surface area contributed by atoms with Gasteiger partial charge in [0, 0.05) is 28.0 Å². The lowest BCUT2D eigenvalue weighted by Gasteiger charge is -2.34. The van der Waals surface area contributed by atoms with Gasteiger partial charge in [-0.05, 0) is 55.9 Å². The molecule has 0 unspecified atom stereocenters. The highest BCUT2D eigenvalue weighted by atomic mass is 35.5. The third-order valence-corrected chi connectivity index (χ3v) is 4.60. The van der Waals surface area contributed by atoms with Gasteiger partial charge >= 0.3 is 0 Å². The van der Waals surface area contributed by atoms with E-state index in [0.717, 1.165) is 53.2 Å². The summed E-state index contributed by atoms with van der Waals surface area (Å²) in [5.41, 5.74) is 1.67. The molecule has 0 amide bonds. The van der Waals surface area contributed by atoms with Gasteiger partial charge in [-0.3, -0.25) is 0 Å². The Morgan fingerprint density at radius 1 is 1.32 bits per heavy atom. The first-order valence-corrected chi connectivity index (χ1v) is 7.41. The van der Waals surface area contributed by atoms with E-state index in [-0.39, 0.29) is 0 Å². The van der Waals surface area contributed by atoms with Crippen LogP contribution in [0.25, 0.3) is 10.9 Å². The number of benzene rings is 1. The van der Waals surface area contributed by atoms with E-state index in [1.807, 2.05) is 18.2 Å². The van der Waals surface area contributed by atoms with Crippen LogP contribution in [-0.4, -0.2) is 15.7 Å². The summed E-state index contributed by atoms with van der Waals surface area (Å²) in [5.74, 6) is 0.752. The van der Waals surface area contributed by atoms with Gasteiger partial charge in [-0.2, -0.15) is 0 Å². The molecule has 1 saturated carbocycles. The first-order chi connectivity index (χ1) is 9.04. The van der Waals surface area contributed by atoms with E-state index in [4.69, 9.17) is 11.6 Å². The molecule has 19 heavy (non-hydrogen) atoms. The normalized spacial score (nSPS) is 27.8. The molecule has 2 nitrogen and oxygen atoms in total. The maximum absolute atomic E-state index is 10.7. The minimum atomic E-state index is -0.531. The average molecular weight is 278 g/mol. The zero-order chi connectivity index (χ0) is 13.5. The number of rotatable bonds is 2. The smallest absolute Gasteiger partial charge is 0.0702 e. The molecular weight excluding hydrogens is 258 g/mol. The highest BCUT2D eigenvalue weighted by molar-refractivity contribution is 6.31. The van der Waals surface area contributed by atoms with E-state index in [1.165, 1.54) is 0 Å². The van der Waals surface area contributed by atoms with Crippen LogP contribution in [0.5, 0.6) is 0 Å². The Hall–Kier alpha value is -0.990. The predicted molar refractivity (Wildman–Crippen MR) is 79.6 cm³/mol. The van der Waals surface area contributed by atoms with Crippen molar-refractivity contribution in [3.05, 3.63) is 35.0 Å². The van der Waals surface area contributed by atoms with E-state index >= 15 is 0 Å². The Labute approximate surface area is 118 Å². The largest absolute Gasteiger partial charge is 0.389 e. The van der Waals surface area contributed by atoms with E-state index in [2.05, 4.69) is 18.0 Å².